The lowest BCUT2D eigenvalue weighted by molar-refractivity contribution is -0.0195. The zero-order valence-electron chi connectivity index (χ0n) is 18.7. The van der Waals surface area contributed by atoms with Crippen LogP contribution in [-0.2, 0) is 13.0 Å². The number of aryl methyl sites for hydroxylation is 1. The van der Waals surface area contributed by atoms with Crippen molar-refractivity contribution in [3.05, 3.63) is 76.9 Å². The number of pyridine rings is 1. The summed E-state index contributed by atoms with van der Waals surface area (Å²) in [4.78, 5) is 7.73. The van der Waals surface area contributed by atoms with E-state index in [-0.39, 0.29) is 11.8 Å². The first kappa shape index (κ1) is 20.7. The van der Waals surface area contributed by atoms with Crippen LogP contribution in [0.4, 0.5) is 0 Å². The van der Waals surface area contributed by atoms with Gasteiger partial charge in [0.05, 0.1) is 11.8 Å². The van der Waals surface area contributed by atoms with Gasteiger partial charge in [0.1, 0.15) is 18.0 Å². The Morgan fingerprint density at radius 1 is 1.12 bits per heavy atom. The van der Waals surface area contributed by atoms with Gasteiger partial charge >= 0.3 is 0 Å². The van der Waals surface area contributed by atoms with E-state index in [1.54, 1.807) is 0 Å². The summed E-state index contributed by atoms with van der Waals surface area (Å²) in [5.74, 6) is 0.641. The van der Waals surface area contributed by atoms with Gasteiger partial charge in [0.15, 0.2) is 0 Å². The summed E-state index contributed by atoms with van der Waals surface area (Å²) < 4.78 is 6.49. The lowest BCUT2D eigenvalue weighted by Crippen LogP contribution is -2.35. The molecule has 1 aromatic carbocycles. The van der Waals surface area contributed by atoms with E-state index in [9.17, 15) is 10.2 Å². The number of ether oxygens (including phenoxy) is 1. The highest BCUT2D eigenvalue weighted by Crippen LogP contribution is 2.45. The maximum absolute atomic E-state index is 11.0. The average molecular weight is 444 g/mol. The van der Waals surface area contributed by atoms with Crippen molar-refractivity contribution in [3.63, 3.8) is 0 Å². The fourth-order valence-corrected chi connectivity index (χ4v) is 5.71. The number of aliphatic hydroxyl groups is 2. The van der Waals surface area contributed by atoms with Gasteiger partial charge in [-0.3, -0.25) is 4.98 Å². The third-order valence-electron chi connectivity index (χ3n) is 7.54. The third-order valence-corrected chi connectivity index (χ3v) is 7.54. The molecule has 5 atom stereocenters. The Morgan fingerprint density at radius 2 is 2.03 bits per heavy atom. The number of aliphatic hydroxyl groups excluding tert-OH is 2. The number of fused-ring (bicyclic) bond motifs is 2. The molecule has 0 spiro atoms. The molecule has 1 saturated carbocycles. The largest absolute Gasteiger partial charge is 0.487 e. The molecule has 3 heterocycles. The van der Waals surface area contributed by atoms with Gasteiger partial charge in [-0.05, 0) is 72.3 Å². The number of benzene rings is 1. The van der Waals surface area contributed by atoms with Gasteiger partial charge in [-0.1, -0.05) is 18.2 Å². The number of aromatic amines is 1. The van der Waals surface area contributed by atoms with Crippen LogP contribution in [0.1, 0.15) is 40.3 Å². The van der Waals surface area contributed by atoms with E-state index in [1.165, 1.54) is 11.1 Å². The van der Waals surface area contributed by atoms with Crippen molar-refractivity contribution in [2.75, 3.05) is 6.54 Å². The number of allylic oxidation sites excluding steroid dienone is 1. The van der Waals surface area contributed by atoms with Gasteiger partial charge < -0.3 is 25.3 Å². The number of rotatable bonds is 4. The molecule has 6 heteroatoms. The molecule has 0 bridgehead atoms. The Morgan fingerprint density at radius 3 is 2.88 bits per heavy atom. The lowest BCUT2D eigenvalue weighted by Gasteiger charge is -2.25. The Kier molecular flexibility index (Phi) is 5.09. The minimum absolute atomic E-state index is 0.0140. The Balaban J connectivity index is 1.30. The summed E-state index contributed by atoms with van der Waals surface area (Å²) in [6.45, 7) is 3.76. The van der Waals surface area contributed by atoms with E-state index >= 15 is 0 Å². The molecule has 6 rings (SSSR count). The van der Waals surface area contributed by atoms with Crippen LogP contribution in [0.25, 0.3) is 17.2 Å². The van der Waals surface area contributed by atoms with Crippen LogP contribution in [0.15, 0.2) is 48.9 Å². The van der Waals surface area contributed by atoms with Crippen molar-refractivity contribution in [2.24, 2.45) is 5.92 Å². The fraction of sp³-hybridized carbons (Fsp3) is 0.370. The predicted molar refractivity (Wildman–Crippen MR) is 127 cm³/mol. The SMILES string of the molecule is Cc1ccnc2c1C=CC2[C@@H]1C[C@H](Oc2cc(-c3cc[nH]c3)cc3c2CNCC3)[C@@H](O)[C@H]1O. The Hall–Kier alpha value is -2.93. The maximum atomic E-state index is 11.0. The standard InChI is InChI=1S/C27H29N3O3/c1-15-4-9-30-25-19(15)2-3-20(25)21-12-24(27(32)26(21)31)33-23-11-18(17-6-8-28-13-17)10-16-5-7-29-14-22(16)23/h2-4,6,8-11,13,20-21,24,26-29,31-32H,5,7,12,14H2,1H3/t20?,21-,24-,26-,27+/m0/s1. The first-order chi connectivity index (χ1) is 16.1. The van der Waals surface area contributed by atoms with Crippen molar-refractivity contribution in [1.29, 1.82) is 0 Å². The second kappa shape index (κ2) is 8.13. The highest BCUT2D eigenvalue weighted by Gasteiger charge is 2.47. The smallest absolute Gasteiger partial charge is 0.127 e. The van der Waals surface area contributed by atoms with Crippen molar-refractivity contribution < 1.29 is 14.9 Å². The number of nitrogens with zero attached hydrogens (tertiary/aromatic N) is 1. The normalized spacial score (nSPS) is 28.0. The minimum atomic E-state index is -0.944. The highest BCUT2D eigenvalue weighted by atomic mass is 16.5. The molecule has 1 fully saturated rings. The molecule has 33 heavy (non-hydrogen) atoms. The second-order valence-electron chi connectivity index (χ2n) is 9.49. The van der Waals surface area contributed by atoms with E-state index in [2.05, 4.69) is 52.6 Å². The summed E-state index contributed by atoms with van der Waals surface area (Å²) >= 11 is 0. The lowest BCUT2D eigenvalue weighted by atomic mass is 9.87. The first-order valence-corrected chi connectivity index (χ1v) is 11.8. The van der Waals surface area contributed by atoms with Crippen molar-refractivity contribution in [2.45, 2.75) is 50.5 Å². The van der Waals surface area contributed by atoms with Crippen molar-refractivity contribution in [1.82, 2.24) is 15.3 Å². The van der Waals surface area contributed by atoms with E-state index in [0.717, 1.165) is 53.2 Å². The molecule has 1 unspecified atom stereocenters. The molecule has 6 nitrogen and oxygen atoms in total. The Bertz CT molecular complexity index is 1200. The summed E-state index contributed by atoms with van der Waals surface area (Å²) in [5.41, 5.74) is 7.94. The minimum Gasteiger partial charge on any atom is -0.487 e. The summed E-state index contributed by atoms with van der Waals surface area (Å²) in [6.07, 6.45) is 9.17. The van der Waals surface area contributed by atoms with Crippen LogP contribution >= 0.6 is 0 Å². The first-order valence-electron chi connectivity index (χ1n) is 11.8. The monoisotopic (exact) mass is 443 g/mol. The Labute approximate surface area is 193 Å². The molecule has 1 aliphatic heterocycles. The van der Waals surface area contributed by atoms with Crippen LogP contribution in [0.2, 0.25) is 0 Å². The van der Waals surface area contributed by atoms with E-state index in [1.807, 2.05) is 24.7 Å². The van der Waals surface area contributed by atoms with Gasteiger partial charge in [-0.15, -0.1) is 0 Å². The number of hydrogen-bond donors (Lipinski definition) is 4. The summed E-state index contributed by atoms with van der Waals surface area (Å²) in [6, 6.07) is 8.36. The maximum Gasteiger partial charge on any atom is 0.127 e. The quantitative estimate of drug-likeness (QED) is 0.497. The molecule has 0 radical (unpaired) electrons. The average Bonchev–Trinajstić information content (AvgIpc) is 3.56. The zero-order chi connectivity index (χ0) is 22.5. The molecule has 4 N–H and O–H groups in total. The molecule has 3 aliphatic rings. The zero-order valence-corrected chi connectivity index (χ0v) is 18.7. The van der Waals surface area contributed by atoms with Crippen LogP contribution in [0.3, 0.4) is 0 Å². The predicted octanol–water partition coefficient (Wildman–Crippen LogP) is 3.33. The molecule has 2 aliphatic carbocycles. The van der Waals surface area contributed by atoms with E-state index in [0.29, 0.717) is 6.42 Å². The summed E-state index contributed by atoms with van der Waals surface area (Å²) in [5, 5.41) is 25.4. The molecule has 170 valence electrons. The molecule has 0 amide bonds. The number of hydrogen-bond acceptors (Lipinski definition) is 5. The van der Waals surface area contributed by atoms with E-state index < -0.39 is 18.3 Å². The third kappa shape index (κ3) is 3.50. The van der Waals surface area contributed by atoms with Crippen LogP contribution in [0, 0.1) is 12.8 Å². The van der Waals surface area contributed by atoms with Gasteiger partial charge in [0.2, 0.25) is 0 Å². The van der Waals surface area contributed by atoms with Gasteiger partial charge in [-0.25, -0.2) is 0 Å². The molecule has 2 aromatic heterocycles. The fourth-order valence-electron chi connectivity index (χ4n) is 5.71. The topological polar surface area (TPSA) is 90.4 Å². The van der Waals surface area contributed by atoms with Crippen LogP contribution in [0.5, 0.6) is 5.75 Å². The van der Waals surface area contributed by atoms with Crippen LogP contribution in [-0.4, -0.2) is 45.0 Å². The van der Waals surface area contributed by atoms with Gasteiger partial charge in [0, 0.05) is 42.5 Å². The second-order valence-corrected chi connectivity index (χ2v) is 9.49. The number of nitrogens with one attached hydrogen (secondary N) is 2. The van der Waals surface area contributed by atoms with E-state index in [4.69, 9.17) is 4.74 Å². The number of aromatic nitrogens is 2. The number of H-pyrrole nitrogens is 1. The molecule has 0 saturated heterocycles. The highest BCUT2D eigenvalue weighted by molar-refractivity contribution is 5.67. The molecular weight excluding hydrogens is 414 g/mol. The molecule has 3 aromatic rings. The van der Waals surface area contributed by atoms with Gasteiger partial charge in [0.25, 0.3) is 0 Å². The summed E-state index contributed by atoms with van der Waals surface area (Å²) in [7, 11) is 0. The van der Waals surface area contributed by atoms with Crippen molar-refractivity contribution >= 4 is 6.08 Å². The van der Waals surface area contributed by atoms with Gasteiger partial charge in [-0.2, -0.15) is 0 Å². The van der Waals surface area contributed by atoms with Crippen molar-refractivity contribution in [3.8, 4) is 16.9 Å². The molecular formula is C27H29N3O3. The van der Waals surface area contributed by atoms with Crippen LogP contribution < -0.4 is 10.1 Å².